The first-order valence-electron chi connectivity index (χ1n) is 6.73. The van der Waals surface area contributed by atoms with Crippen LogP contribution in [-0.2, 0) is 11.3 Å². The van der Waals surface area contributed by atoms with Crippen molar-refractivity contribution in [3.8, 4) is 5.75 Å². The Morgan fingerprint density at radius 3 is 2.65 bits per heavy atom. The lowest BCUT2D eigenvalue weighted by molar-refractivity contribution is -0.150. The smallest absolute Gasteiger partial charge is 0.309 e. The standard InChI is InChI=1S/C15H20BrNO3/c1-15(14(18)19)5-7-17(8-6-15)10-11-9-12(16)3-4-13(11)20-2/h3-4,9H,5-8,10H2,1-2H3,(H,18,19). The predicted octanol–water partition coefficient (Wildman–Crippen LogP) is 3.14. The number of likely N-dealkylation sites (tertiary alicyclic amines) is 1. The number of hydrogen-bond donors (Lipinski definition) is 1. The van der Waals surface area contributed by atoms with E-state index in [-0.39, 0.29) is 0 Å². The van der Waals surface area contributed by atoms with Crippen LogP contribution in [0.3, 0.4) is 0 Å². The van der Waals surface area contributed by atoms with Crippen molar-refractivity contribution in [1.29, 1.82) is 0 Å². The van der Waals surface area contributed by atoms with E-state index in [4.69, 9.17) is 4.74 Å². The topological polar surface area (TPSA) is 49.8 Å². The molecule has 0 unspecified atom stereocenters. The summed E-state index contributed by atoms with van der Waals surface area (Å²) >= 11 is 3.48. The minimum Gasteiger partial charge on any atom is -0.496 e. The molecule has 1 aromatic rings. The normalized spacial score (nSPS) is 18.8. The first kappa shape index (κ1) is 15.3. The van der Waals surface area contributed by atoms with Gasteiger partial charge in [-0.1, -0.05) is 15.9 Å². The van der Waals surface area contributed by atoms with E-state index in [9.17, 15) is 9.90 Å². The van der Waals surface area contributed by atoms with E-state index in [1.165, 1.54) is 0 Å². The Labute approximate surface area is 127 Å². The second-order valence-corrected chi connectivity index (χ2v) is 6.51. The SMILES string of the molecule is COc1ccc(Br)cc1CN1CCC(C)(C(=O)O)CC1. The summed E-state index contributed by atoms with van der Waals surface area (Å²) in [6.07, 6.45) is 1.39. The fourth-order valence-corrected chi connectivity index (χ4v) is 2.94. The van der Waals surface area contributed by atoms with Crippen molar-refractivity contribution in [2.45, 2.75) is 26.3 Å². The molecule has 0 aliphatic carbocycles. The van der Waals surface area contributed by atoms with Crippen molar-refractivity contribution in [3.05, 3.63) is 28.2 Å². The maximum Gasteiger partial charge on any atom is 0.309 e. The number of aliphatic carboxylic acids is 1. The summed E-state index contributed by atoms with van der Waals surface area (Å²) in [5.41, 5.74) is 0.554. The molecular formula is C15H20BrNO3. The van der Waals surface area contributed by atoms with E-state index in [0.717, 1.165) is 35.4 Å². The zero-order valence-electron chi connectivity index (χ0n) is 11.9. The first-order valence-corrected chi connectivity index (χ1v) is 7.52. The summed E-state index contributed by atoms with van der Waals surface area (Å²) in [5.74, 6) is 0.192. The minimum absolute atomic E-state index is 0.572. The molecule has 1 aromatic carbocycles. The van der Waals surface area contributed by atoms with Crippen LogP contribution >= 0.6 is 15.9 Å². The predicted molar refractivity (Wildman–Crippen MR) is 80.9 cm³/mol. The molecule has 0 aromatic heterocycles. The molecule has 20 heavy (non-hydrogen) atoms. The molecule has 0 amide bonds. The van der Waals surface area contributed by atoms with Crippen LogP contribution in [0, 0.1) is 5.41 Å². The fraction of sp³-hybridized carbons (Fsp3) is 0.533. The number of benzene rings is 1. The van der Waals surface area contributed by atoms with Crippen molar-refractivity contribution in [1.82, 2.24) is 4.90 Å². The van der Waals surface area contributed by atoms with E-state index in [0.29, 0.717) is 12.8 Å². The maximum absolute atomic E-state index is 11.2. The molecule has 0 saturated carbocycles. The van der Waals surface area contributed by atoms with Crippen molar-refractivity contribution in [2.24, 2.45) is 5.41 Å². The Hall–Kier alpha value is -1.07. The van der Waals surface area contributed by atoms with Gasteiger partial charge in [0.05, 0.1) is 12.5 Å². The van der Waals surface area contributed by atoms with Crippen LogP contribution in [0.2, 0.25) is 0 Å². The van der Waals surface area contributed by atoms with E-state index < -0.39 is 11.4 Å². The molecular weight excluding hydrogens is 322 g/mol. The van der Waals surface area contributed by atoms with Gasteiger partial charge in [-0.2, -0.15) is 0 Å². The highest BCUT2D eigenvalue weighted by atomic mass is 79.9. The third-order valence-corrected chi connectivity index (χ3v) is 4.61. The van der Waals surface area contributed by atoms with E-state index >= 15 is 0 Å². The van der Waals surface area contributed by atoms with Crippen molar-refractivity contribution >= 4 is 21.9 Å². The number of rotatable bonds is 4. The quantitative estimate of drug-likeness (QED) is 0.913. The molecule has 1 N–H and O–H groups in total. The van der Waals surface area contributed by atoms with Crippen LogP contribution in [0.5, 0.6) is 5.75 Å². The number of carboxylic acids is 1. The third kappa shape index (κ3) is 3.33. The van der Waals surface area contributed by atoms with Crippen LogP contribution in [0.15, 0.2) is 22.7 Å². The highest BCUT2D eigenvalue weighted by Crippen LogP contribution is 2.32. The van der Waals surface area contributed by atoms with Gasteiger partial charge in [-0.25, -0.2) is 0 Å². The summed E-state index contributed by atoms with van der Waals surface area (Å²) in [6, 6.07) is 5.97. The fourth-order valence-electron chi connectivity index (χ4n) is 2.53. The lowest BCUT2D eigenvalue weighted by Gasteiger charge is -2.36. The van der Waals surface area contributed by atoms with Gasteiger partial charge in [-0.05, 0) is 51.1 Å². The van der Waals surface area contributed by atoms with Crippen molar-refractivity contribution < 1.29 is 14.6 Å². The van der Waals surface area contributed by atoms with Crippen LogP contribution in [-0.4, -0.2) is 36.2 Å². The molecule has 1 aliphatic rings. The second kappa shape index (κ2) is 6.14. The number of carboxylic acid groups (broad SMARTS) is 1. The number of ether oxygens (including phenoxy) is 1. The summed E-state index contributed by atoms with van der Waals surface area (Å²) < 4.78 is 6.41. The lowest BCUT2D eigenvalue weighted by atomic mass is 9.80. The van der Waals surface area contributed by atoms with Crippen LogP contribution in [0.1, 0.15) is 25.3 Å². The van der Waals surface area contributed by atoms with Gasteiger partial charge in [-0.3, -0.25) is 9.69 Å². The van der Waals surface area contributed by atoms with Gasteiger partial charge in [0.15, 0.2) is 0 Å². The Morgan fingerprint density at radius 1 is 1.45 bits per heavy atom. The molecule has 1 aliphatic heterocycles. The molecule has 0 atom stereocenters. The summed E-state index contributed by atoms with van der Waals surface area (Å²) in [6.45, 7) is 4.24. The molecule has 0 spiro atoms. The molecule has 1 heterocycles. The van der Waals surface area contributed by atoms with E-state index in [1.54, 1.807) is 7.11 Å². The Bertz CT molecular complexity index is 496. The van der Waals surface area contributed by atoms with Gasteiger partial charge < -0.3 is 9.84 Å². The highest BCUT2D eigenvalue weighted by Gasteiger charge is 2.36. The molecule has 1 fully saturated rings. The molecule has 0 radical (unpaired) electrons. The Morgan fingerprint density at radius 2 is 2.10 bits per heavy atom. The Balaban J connectivity index is 2.03. The molecule has 2 rings (SSSR count). The van der Waals surface area contributed by atoms with Crippen LogP contribution < -0.4 is 4.74 Å². The van der Waals surface area contributed by atoms with E-state index in [1.807, 2.05) is 19.1 Å². The zero-order valence-corrected chi connectivity index (χ0v) is 13.4. The van der Waals surface area contributed by atoms with E-state index in [2.05, 4.69) is 26.9 Å². The third-order valence-electron chi connectivity index (χ3n) is 4.11. The van der Waals surface area contributed by atoms with Gasteiger partial charge in [0.25, 0.3) is 0 Å². The van der Waals surface area contributed by atoms with Crippen molar-refractivity contribution in [3.63, 3.8) is 0 Å². The van der Waals surface area contributed by atoms with Gasteiger partial charge in [0, 0.05) is 16.6 Å². The highest BCUT2D eigenvalue weighted by molar-refractivity contribution is 9.10. The molecule has 5 heteroatoms. The monoisotopic (exact) mass is 341 g/mol. The average molecular weight is 342 g/mol. The molecule has 4 nitrogen and oxygen atoms in total. The van der Waals surface area contributed by atoms with Gasteiger partial charge in [0.2, 0.25) is 0 Å². The first-order chi connectivity index (χ1) is 9.44. The largest absolute Gasteiger partial charge is 0.496 e. The number of piperidine rings is 1. The average Bonchev–Trinajstić information content (AvgIpc) is 2.42. The summed E-state index contributed by atoms with van der Waals surface area (Å²) in [4.78, 5) is 13.5. The number of nitrogens with zero attached hydrogens (tertiary/aromatic N) is 1. The van der Waals surface area contributed by atoms with Gasteiger partial charge in [0.1, 0.15) is 5.75 Å². The van der Waals surface area contributed by atoms with Gasteiger partial charge >= 0.3 is 5.97 Å². The summed E-state index contributed by atoms with van der Waals surface area (Å²) in [5, 5.41) is 9.25. The van der Waals surface area contributed by atoms with Crippen molar-refractivity contribution in [2.75, 3.05) is 20.2 Å². The number of carbonyl (C=O) groups is 1. The molecule has 110 valence electrons. The number of methoxy groups -OCH3 is 1. The molecule has 1 saturated heterocycles. The Kier molecular flexibility index (Phi) is 4.70. The second-order valence-electron chi connectivity index (χ2n) is 5.60. The van der Waals surface area contributed by atoms with Gasteiger partial charge in [-0.15, -0.1) is 0 Å². The number of hydrogen-bond acceptors (Lipinski definition) is 3. The lowest BCUT2D eigenvalue weighted by Crippen LogP contribution is -2.42. The van der Waals surface area contributed by atoms with Crippen LogP contribution in [0.4, 0.5) is 0 Å². The maximum atomic E-state index is 11.2. The zero-order chi connectivity index (χ0) is 14.8. The molecule has 0 bridgehead atoms. The number of halogens is 1. The minimum atomic E-state index is -0.683. The summed E-state index contributed by atoms with van der Waals surface area (Å²) in [7, 11) is 1.67. The van der Waals surface area contributed by atoms with Crippen LogP contribution in [0.25, 0.3) is 0 Å².